The van der Waals surface area contributed by atoms with Crippen molar-refractivity contribution in [2.75, 3.05) is 10.0 Å². The average Bonchev–Trinajstić information content (AvgIpc) is 3.55. The van der Waals surface area contributed by atoms with Gasteiger partial charge in [0.25, 0.3) is 0 Å². The van der Waals surface area contributed by atoms with Gasteiger partial charge in [0.2, 0.25) is 0 Å². The van der Waals surface area contributed by atoms with Gasteiger partial charge >= 0.3 is 205 Å². The second kappa shape index (κ2) is 8.09. The van der Waals surface area contributed by atoms with Gasteiger partial charge in [-0.25, -0.2) is 0 Å². The van der Waals surface area contributed by atoms with E-state index in [-0.39, 0.29) is 10.8 Å². The topological polar surface area (TPSA) is 117 Å². The number of amides is 1. The first-order valence-electron chi connectivity index (χ1n) is 10.2. The van der Waals surface area contributed by atoms with E-state index in [0.717, 1.165) is 36.7 Å². The second-order valence-electron chi connectivity index (χ2n) is 7.65. The Morgan fingerprint density at radius 2 is 1.91 bits per heavy atom. The zero-order chi connectivity index (χ0) is 23.3. The molecule has 0 spiro atoms. The van der Waals surface area contributed by atoms with Crippen molar-refractivity contribution in [3.8, 4) is 0 Å². The number of H-pyrrole nitrogens is 1. The summed E-state index contributed by atoms with van der Waals surface area (Å²) >= 11 is 0.701. The molecular weight excluding hydrogens is 533 g/mol. The van der Waals surface area contributed by atoms with Gasteiger partial charge in [-0.05, 0) is 0 Å². The van der Waals surface area contributed by atoms with E-state index in [1.54, 1.807) is 42.0 Å². The van der Waals surface area contributed by atoms with E-state index in [4.69, 9.17) is 0 Å². The Bertz CT molecular complexity index is 1720. The number of carbonyl (C=O) groups is 1. The quantitative estimate of drug-likeness (QED) is 0.230. The van der Waals surface area contributed by atoms with Crippen molar-refractivity contribution in [1.82, 2.24) is 15.2 Å². The Labute approximate surface area is 204 Å². The molecule has 0 bridgehead atoms. The third-order valence-electron chi connectivity index (χ3n) is 5.50. The molecule has 0 saturated carbocycles. The van der Waals surface area contributed by atoms with E-state index in [2.05, 4.69) is 25.2 Å². The van der Waals surface area contributed by atoms with Gasteiger partial charge in [0.05, 0.1) is 0 Å². The number of hydrogen-bond acceptors (Lipinski definition) is 6. The van der Waals surface area contributed by atoms with E-state index in [1.165, 1.54) is 11.3 Å². The molecule has 0 radical (unpaired) electrons. The standard InChI is InChI=1S/C23H16AsN5O3S2/c30-23-17(21-18(27-23)7-8-19-22(21)33-12-25-19)10-24-14-2-5-16(6-3-14)34(31,32)29-15-4-1-13-11-26-28-20(13)9-15/h1-12,24,29H,(H,26,28)(H,27,30)/b17-10-. The minimum atomic E-state index is -3.73. The third-order valence-corrected chi connectivity index (χ3v) is 10.1. The summed E-state index contributed by atoms with van der Waals surface area (Å²) in [7, 11) is -3.73. The molecule has 8 nitrogen and oxygen atoms in total. The Kier molecular flexibility index (Phi) is 5.02. The first-order valence-corrected chi connectivity index (χ1v) is 14.8. The van der Waals surface area contributed by atoms with E-state index < -0.39 is 25.8 Å². The van der Waals surface area contributed by atoms with Crippen LogP contribution in [0.3, 0.4) is 0 Å². The van der Waals surface area contributed by atoms with Crippen LogP contribution in [0, 0.1) is 0 Å². The van der Waals surface area contributed by atoms with Crippen LogP contribution < -0.4 is 14.4 Å². The van der Waals surface area contributed by atoms with Gasteiger partial charge in [0, 0.05) is 0 Å². The maximum atomic E-state index is 12.8. The van der Waals surface area contributed by atoms with Gasteiger partial charge in [-0.3, -0.25) is 0 Å². The number of aromatic nitrogens is 3. The molecule has 1 amide bonds. The molecule has 34 heavy (non-hydrogen) atoms. The molecule has 2 aromatic heterocycles. The zero-order valence-corrected chi connectivity index (χ0v) is 21.1. The van der Waals surface area contributed by atoms with Crippen molar-refractivity contribution in [3.63, 3.8) is 0 Å². The molecule has 168 valence electrons. The van der Waals surface area contributed by atoms with Gasteiger partial charge < -0.3 is 0 Å². The predicted molar refractivity (Wildman–Crippen MR) is 136 cm³/mol. The third kappa shape index (κ3) is 3.69. The molecule has 3 heterocycles. The Morgan fingerprint density at radius 3 is 2.76 bits per heavy atom. The predicted octanol–water partition coefficient (Wildman–Crippen LogP) is 3.03. The minimum absolute atomic E-state index is 0.114. The zero-order valence-electron chi connectivity index (χ0n) is 17.4. The van der Waals surface area contributed by atoms with Crippen LogP contribution in [0.1, 0.15) is 5.56 Å². The van der Waals surface area contributed by atoms with Crippen molar-refractivity contribution >= 4 is 85.4 Å². The summed E-state index contributed by atoms with van der Waals surface area (Å²) in [5.74, 6) is -0.114. The number of nitrogens with one attached hydrogen (secondary N) is 3. The Hall–Kier alpha value is -3.46. The average molecular weight is 549 g/mol. The first kappa shape index (κ1) is 21.1. The van der Waals surface area contributed by atoms with Crippen LogP contribution in [0.4, 0.5) is 11.4 Å². The summed E-state index contributed by atoms with van der Waals surface area (Å²) in [6.45, 7) is 0. The van der Waals surface area contributed by atoms with Crippen molar-refractivity contribution in [2.45, 2.75) is 4.90 Å². The number of thiazole rings is 1. The van der Waals surface area contributed by atoms with Crippen LogP contribution in [-0.4, -0.2) is 45.3 Å². The van der Waals surface area contributed by atoms with E-state index in [9.17, 15) is 13.2 Å². The number of hydrogen-bond donors (Lipinski definition) is 3. The van der Waals surface area contributed by atoms with Crippen LogP contribution in [-0.2, 0) is 14.8 Å². The van der Waals surface area contributed by atoms with Gasteiger partial charge in [-0.15, -0.1) is 0 Å². The van der Waals surface area contributed by atoms with Gasteiger partial charge in [-0.2, -0.15) is 0 Å². The molecule has 3 N–H and O–H groups in total. The molecular formula is C23H16AsN5O3S2. The number of fused-ring (bicyclic) bond motifs is 4. The molecule has 1 aliphatic heterocycles. The monoisotopic (exact) mass is 549 g/mol. The number of benzene rings is 3. The number of aromatic amines is 1. The fourth-order valence-corrected chi connectivity index (χ4v) is 7.73. The summed E-state index contributed by atoms with van der Waals surface area (Å²) in [5, 5.41) is 10.6. The molecule has 1 aliphatic rings. The molecule has 11 heteroatoms. The van der Waals surface area contributed by atoms with E-state index in [0.29, 0.717) is 11.3 Å². The van der Waals surface area contributed by atoms with Crippen LogP contribution in [0.15, 0.2) is 76.1 Å². The van der Waals surface area contributed by atoms with Gasteiger partial charge in [-0.1, -0.05) is 0 Å². The summed E-state index contributed by atoms with van der Waals surface area (Å²) in [6, 6.07) is 15.8. The number of nitrogens with zero attached hydrogens (tertiary/aromatic N) is 2. The summed E-state index contributed by atoms with van der Waals surface area (Å²) in [4.78, 5) is 19.1. The first-order chi connectivity index (χ1) is 16.5. The fraction of sp³-hybridized carbons (Fsp3) is 0. The molecule has 5 aromatic rings. The molecule has 0 aliphatic carbocycles. The van der Waals surface area contributed by atoms with Crippen molar-refractivity contribution < 1.29 is 13.2 Å². The maximum absolute atomic E-state index is 12.8. The van der Waals surface area contributed by atoms with Crippen LogP contribution in [0.2, 0.25) is 0 Å². The SMILES string of the molecule is O=C1Nc2ccc3ncsc3c2/C1=C/[AsH]c1ccc(S(=O)(=O)Nc2ccc3cn[nH]c3c2)cc1. The van der Waals surface area contributed by atoms with Crippen LogP contribution in [0.25, 0.3) is 26.7 Å². The summed E-state index contributed by atoms with van der Waals surface area (Å²) in [5.41, 5.74) is 6.24. The van der Waals surface area contributed by atoms with E-state index in [1.807, 2.05) is 29.1 Å². The van der Waals surface area contributed by atoms with Gasteiger partial charge in [0.15, 0.2) is 0 Å². The number of sulfonamides is 1. The number of anilines is 2. The van der Waals surface area contributed by atoms with Crippen molar-refractivity contribution in [1.29, 1.82) is 0 Å². The molecule has 1 atom stereocenters. The molecule has 3 aromatic carbocycles. The number of carbonyl (C=O) groups excluding carboxylic acids is 1. The normalized spacial score (nSPS) is 14.9. The second-order valence-corrected chi connectivity index (χ2v) is 12.6. The molecule has 0 fully saturated rings. The Balaban J connectivity index is 1.23. The van der Waals surface area contributed by atoms with Crippen molar-refractivity contribution in [2.24, 2.45) is 0 Å². The molecule has 0 saturated heterocycles. The fourth-order valence-electron chi connectivity index (χ4n) is 3.84. The number of rotatable bonds is 5. The van der Waals surface area contributed by atoms with Crippen LogP contribution in [0.5, 0.6) is 0 Å². The summed E-state index contributed by atoms with van der Waals surface area (Å²) in [6.07, 6.45) is 1.68. The Morgan fingerprint density at radius 1 is 1.06 bits per heavy atom. The molecule has 6 rings (SSSR count). The molecule has 1 unspecified atom stereocenters. The van der Waals surface area contributed by atoms with Crippen molar-refractivity contribution in [3.05, 3.63) is 76.7 Å². The van der Waals surface area contributed by atoms with Crippen LogP contribution >= 0.6 is 11.3 Å². The van der Waals surface area contributed by atoms with Gasteiger partial charge in [0.1, 0.15) is 0 Å². The van der Waals surface area contributed by atoms with E-state index >= 15 is 0 Å². The summed E-state index contributed by atoms with van der Waals surface area (Å²) < 4.78 is 30.3.